The quantitative estimate of drug-likeness (QED) is 0.704. The van der Waals surface area contributed by atoms with Gasteiger partial charge in [0.25, 0.3) is 0 Å². The molecule has 4 heteroatoms. The Hall–Kier alpha value is -2.33. The number of carbonyl (C=O) groups is 1. The third kappa shape index (κ3) is 3.33. The minimum atomic E-state index is -0.900. The average molecular weight is 242 g/mol. The highest BCUT2D eigenvalue weighted by molar-refractivity contribution is 5.69. The van der Waals surface area contributed by atoms with Crippen molar-refractivity contribution in [2.45, 2.75) is 0 Å². The molecule has 0 aliphatic carbocycles. The summed E-state index contributed by atoms with van der Waals surface area (Å²) in [6.07, 6.45) is 0. The molecule has 0 bridgehead atoms. The molecule has 2 rings (SSSR count). The van der Waals surface area contributed by atoms with Crippen molar-refractivity contribution in [2.24, 2.45) is 0 Å². The molecule has 18 heavy (non-hydrogen) atoms. The highest BCUT2D eigenvalue weighted by atomic mass is 16.4. The zero-order chi connectivity index (χ0) is 12.8. The van der Waals surface area contributed by atoms with Crippen LogP contribution in [-0.4, -0.2) is 17.6 Å². The zero-order valence-corrected chi connectivity index (χ0v) is 9.76. The number of aliphatic carboxylic acids is 1. The molecule has 0 aromatic heterocycles. The summed E-state index contributed by atoms with van der Waals surface area (Å²) in [5.74, 6) is -0.900. The number of nitrogens with one attached hydrogen (secondary N) is 2. The van der Waals surface area contributed by atoms with Crippen LogP contribution in [-0.2, 0) is 4.79 Å². The highest BCUT2D eigenvalue weighted by Gasteiger charge is 1.98. The molecule has 0 spiro atoms. The predicted octanol–water partition coefficient (Wildman–Crippen LogP) is 2.35. The summed E-state index contributed by atoms with van der Waals surface area (Å²) in [4.78, 5) is 10.3. The summed E-state index contributed by atoms with van der Waals surface area (Å²) in [6, 6.07) is 17.8. The fourth-order valence-electron chi connectivity index (χ4n) is 1.60. The van der Waals surface area contributed by atoms with Crippen LogP contribution >= 0.6 is 0 Å². The molecule has 0 heterocycles. The predicted molar refractivity (Wildman–Crippen MR) is 71.1 cm³/mol. The monoisotopic (exact) mass is 242 g/mol. The van der Waals surface area contributed by atoms with E-state index < -0.39 is 5.97 Å². The molecule has 3 N–H and O–H groups in total. The number of anilines is 1. The van der Waals surface area contributed by atoms with Gasteiger partial charge in [0.1, 0.15) is 6.54 Å². The molecule has 2 aromatic carbocycles. The largest absolute Gasteiger partial charge is 0.480 e. The van der Waals surface area contributed by atoms with E-state index in [1.54, 1.807) is 0 Å². The molecule has 0 amide bonds. The van der Waals surface area contributed by atoms with Crippen molar-refractivity contribution in [1.29, 1.82) is 0 Å². The van der Waals surface area contributed by atoms with Crippen molar-refractivity contribution in [3.8, 4) is 11.1 Å². The van der Waals surface area contributed by atoms with Crippen molar-refractivity contribution >= 4 is 11.7 Å². The minimum absolute atomic E-state index is 0.125. The fraction of sp³-hybridized carbons (Fsp3) is 0.0714. The molecule has 92 valence electrons. The van der Waals surface area contributed by atoms with Crippen LogP contribution in [0.5, 0.6) is 0 Å². The molecule has 0 unspecified atom stereocenters. The van der Waals surface area contributed by atoms with Gasteiger partial charge in [-0.15, -0.1) is 0 Å². The van der Waals surface area contributed by atoms with Gasteiger partial charge in [0.2, 0.25) is 0 Å². The number of benzene rings is 2. The lowest BCUT2D eigenvalue weighted by molar-refractivity contribution is -0.135. The molecule has 2 aromatic rings. The summed E-state index contributed by atoms with van der Waals surface area (Å²) < 4.78 is 0. The SMILES string of the molecule is O=C(O)CNNc1ccc(-c2ccccc2)cc1. The fourth-order valence-corrected chi connectivity index (χ4v) is 1.60. The second-order valence-electron chi connectivity index (χ2n) is 3.82. The molecule has 0 aliphatic heterocycles. The Kier molecular flexibility index (Phi) is 3.94. The third-order valence-electron chi connectivity index (χ3n) is 2.46. The number of carboxylic acids is 1. The number of hydrazine groups is 1. The van der Waals surface area contributed by atoms with Crippen molar-refractivity contribution in [1.82, 2.24) is 5.43 Å². The van der Waals surface area contributed by atoms with Gasteiger partial charge in [0, 0.05) is 5.69 Å². The van der Waals surface area contributed by atoms with Gasteiger partial charge in [0.05, 0.1) is 0 Å². The molecule has 0 saturated carbocycles. The van der Waals surface area contributed by atoms with Gasteiger partial charge in [-0.2, -0.15) is 0 Å². The van der Waals surface area contributed by atoms with Crippen LogP contribution in [0.15, 0.2) is 54.6 Å². The zero-order valence-electron chi connectivity index (χ0n) is 9.76. The maximum Gasteiger partial charge on any atom is 0.319 e. The molecule has 0 fully saturated rings. The Morgan fingerprint density at radius 1 is 0.944 bits per heavy atom. The van der Waals surface area contributed by atoms with Gasteiger partial charge in [-0.1, -0.05) is 42.5 Å². The normalized spacial score (nSPS) is 10.0. The van der Waals surface area contributed by atoms with Crippen molar-refractivity contribution in [3.63, 3.8) is 0 Å². The van der Waals surface area contributed by atoms with Crippen LogP contribution in [0.25, 0.3) is 11.1 Å². The summed E-state index contributed by atoms with van der Waals surface area (Å²) in [5.41, 5.74) is 8.54. The molecule has 4 nitrogen and oxygen atoms in total. The van der Waals surface area contributed by atoms with Gasteiger partial charge in [0.15, 0.2) is 0 Å². The maximum absolute atomic E-state index is 10.3. The van der Waals surface area contributed by atoms with Gasteiger partial charge in [-0.05, 0) is 23.3 Å². The van der Waals surface area contributed by atoms with Crippen molar-refractivity contribution in [2.75, 3.05) is 12.0 Å². The van der Waals surface area contributed by atoms with Crippen LogP contribution in [0.1, 0.15) is 0 Å². The lowest BCUT2D eigenvalue weighted by atomic mass is 10.1. The summed E-state index contributed by atoms with van der Waals surface area (Å²) >= 11 is 0. The highest BCUT2D eigenvalue weighted by Crippen LogP contribution is 2.20. The first-order valence-corrected chi connectivity index (χ1v) is 5.62. The van der Waals surface area contributed by atoms with E-state index in [4.69, 9.17) is 5.11 Å². The number of hydrogen-bond donors (Lipinski definition) is 3. The van der Waals surface area contributed by atoms with E-state index >= 15 is 0 Å². The van der Waals surface area contributed by atoms with Crippen LogP contribution in [0.2, 0.25) is 0 Å². The summed E-state index contributed by atoms with van der Waals surface area (Å²) in [6.45, 7) is -0.125. The first kappa shape index (κ1) is 12.1. The Morgan fingerprint density at radius 3 is 2.17 bits per heavy atom. The Morgan fingerprint density at radius 2 is 1.56 bits per heavy atom. The smallest absolute Gasteiger partial charge is 0.319 e. The Labute approximate surface area is 105 Å². The van der Waals surface area contributed by atoms with Gasteiger partial charge >= 0.3 is 5.97 Å². The van der Waals surface area contributed by atoms with Crippen LogP contribution in [0.3, 0.4) is 0 Å². The van der Waals surface area contributed by atoms with E-state index in [1.165, 1.54) is 0 Å². The lowest BCUT2D eigenvalue weighted by Crippen LogP contribution is -2.27. The van der Waals surface area contributed by atoms with Crippen LogP contribution in [0.4, 0.5) is 5.69 Å². The van der Waals surface area contributed by atoms with E-state index in [1.807, 2.05) is 54.6 Å². The molecular weight excluding hydrogens is 228 g/mol. The minimum Gasteiger partial charge on any atom is -0.480 e. The first-order chi connectivity index (χ1) is 8.75. The van der Waals surface area contributed by atoms with E-state index in [-0.39, 0.29) is 6.54 Å². The maximum atomic E-state index is 10.3. The van der Waals surface area contributed by atoms with E-state index in [2.05, 4.69) is 10.9 Å². The molecule has 0 radical (unpaired) electrons. The van der Waals surface area contributed by atoms with Crippen LogP contribution < -0.4 is 10.9 Å². The molecule has 0 atom stereocenters. The second kappa shape index (κ2) is 5.84. The average Bonchev–Trinajstić information content (AvgIpc) is 2.40. The number of rotatable bonds is 5. The lowest BCUT2D eigenvalue weighted by Gasteiger charge is -2.07. The molecule has 0 aliphatic rings. The van der Waals surface area contributed by atoms with Gasteiger partial charge in [-0.3, -0.25) is 4.79 Å². The third-order valence-corrected chi connectivity index (χ3v) is 2.46. The Balaban J connectivity index is 2.00. The van der Waals surface area contributed by atoms with Crippen molar-refractivity contribution < 1.29 is 9.90 Å². The Bertz CT molecular complexity index is 509. The topological polar surface area (TPSA) is 61.4 Å². The summed E-state index contributed by atoms with van der Waals surface area (Å²) in [7, 11) is 0. The second-order valence-corrected chi connectivity index (χ2v) is 3.82. The standard InChI is InChI=1S/C14H14N2O2/c17-14(18)10-15-16-13-8-6-12(7-9-13)11-4-2-1-3-5-11/h1-9,15-16H,10H2,(H,17,18). The van der Waals surface area contributed by atoms with E-state index in [0.717, 1.165) is 16.8 Å². The van der Waals surface area contributed by atoms with Crippen molar-refractivity contribution in [3.05, 3.63) is 54.6 Å². The van der Waals surface area contributed by atoms with Gasteiger partial charge in [-0.25, -0.2) is 5.43 Å². The van der Waals surface area contributed by atoms with E-state index in [9.17, 15) is 4.79 Å². The number of carboxylic acid groups (broad SMARTS) is 1. The first-order valence-electron chi connectivity index (χ1n) is 5.62. The number of hydrogen-bond acceptors (Lipinski definition) is 3. The van der Waals surface area contributed by atoms with Gasteiger partial charge < -0.3 is 10.5 Å². The van der Waals surface area contributed by atoms with Crippen LogP contribution in [0, 0.1) is 0 Å². The molecular formula is C14H14N2O2. The summed E-state index contributed by atoms with van der Waals surface area (Å²) in [5, 5.41) is 8.48. The van der Waals surface area contributed by atoms with E-state index in [0.29, 0.717) is 0 Å². The molecule has 0 saturated heterocycles.